The fraction of sp³-hybridized carbons (Fsp3) is 0.333. The van der Waals surface area contributed by atoms with Gasteiger partial charge in [-0.05, 0) is 24.1 Å². The van der Waals surface area contributed by atoms with Crippen LogP contribution in [0.25, 0.3) is 0 Å². The highest BCUT2D eigenvalue weighted by atomic mass is 32.2. The third-order valence-electron chi connectivity index (χ3n) is 2.44. The molecule has 0 spiro atoms. The first-order valence-electron chi connectivity index (χ1n) is 5.60. The Balaban J connectivity index is 2.85. The number of rotatable bonds is 6. The van der Waals surface area contributed by atoms with Crippen LogP contribution in [0, 0.1) is 11.3 Å². The lowest BCUT2D eigenvalue weighted by Crippen LogP contribution is -2.40. The van der Waals surface area contributed by atoms with Gasteiger partial charge in [-0.2, -0.15) is 5.26 Å². The summed E-state index contributed by atoms with van der Waals surface area (Å²) >= 11 is 0. The summed E-state index contributed by atoms with van der Waals surface area (Å²) in [5.41, 5.74) is 0.796. The minimum atomic E-state index is -3.76. The summed E-state index contributed by atoms with van der Waals surface area (Å²) in [6, 6.07) is 6.96. The van der Waals surface area contributed by atoms with Gasteiger partial charge < -0.3 is 5.11 Å². The Hall–Kier alpha value is -1.91. The molecule has 0 aromatic heterocycles. The maximum absolute atomic E-state index is 11.8. The molecular formula is C12H14N2O4S. The van der Waals surface area contributed by atoms with Crippen LogP contribution in [0.3, 0.4) is 0 Å². The van der Waals surface area contributed by atoms with Crippen molar-refractivity contribution < 1.29 is 18.3 Å². The van der Waals surface area contributed by atoms with Crippen molar-refractivity contribution in [1.29, 1.82) is 5.26 Å². The summed E-state index contributed by atoms with van der Waals surface area (Å²) < 4.78 is 25.8. The molecule has 102 valence electrons. The normalized spacial score (nSPS) is 12.6. The zero-order valence-electron chi connectivity index (χ0n) is 10.3. The van der Waals surface area contributed by atoms with Gasteiger partial charge in [-0.25, -0.2) is 13.1 Å². The van der Waals surface area contributed by atoms with E-state index >= 15 is 0 Å². The van der Waals surface area contributed by atoms with Crippen LogP contribution in [0.1, 0.15) is 24.5 Å². The molecule has 0 aliphatic heterocycles. The van der Waals surface area contributed by atoms with E-state index in [4.69, 9.17) is 10.4 Å². The van der Waals surface area contributed by atoms with Gasteiger partial charge in [0.2, 0.25) is 10.0 Å². The van der Waals surface area contributed by atoms with Crippen LogP contribution < -0.4 is 4.72 Å². The molecule has 6 nitrogen and oxygen atoms in total. The summed E-state index contributed by atoms with van der Waals surface area (Å²) in [5, 5.41) is 17.5. The molecule has 0 amide bonds. The molecule has 0 fully saturated rings. The highest BCUT2D eigenvalue weighted by molar-refractivity contribution is 7.88. The smallest absolute Gasteiger partial charge is 0.321 e. The van der Waals surface area contributed by atoms with E-state index in [9.17, 15) is 13.2 Å². The Labute approximate surface area is 111 Å². The second kappa shape index (κ2) is 6.31. The second-order valence-corrected chi connectivity index (χ2v) is 5.74. The highest BCUT2D eigenvalue weighted by Crippen LogP contribution is 2.09. The monoisotopic (exact) mass is 282 g/mol. The number of hydrogen-bond acceptors (Lipinski definition) is 4. The Bertz CT molecular complexity index is 604. The quantitative estimate of drug-likeness (QED) is 0.804. The SMILES string of the molecule is CCC(NS(=O)(=O)Cc1cccc(C#N)c1)C(=O)O. The van der Waals surface area contributed by atoms with Gasteiger partial charge in [0.1, 0.15) is 6.04 Å². The van der Waals surface area contributed by atoms with E-state index < -0.39 is 22.0 Å². The fourth-order valence-electron chi connectivity index (χ4n) is 1.52. The molecule has 19 heavy (non-hydrogen) atoms. The Morgan fingerprint density at radius 2 is 2.21 bits per heavy atom. The summed E-state index contributed by atoms with van der Waals surface area (Å²) in [4.78, 5) is 10.8. The number of nitriles is 1. The van der Waals surface area contributed by atoms with Crippen molar-refractivity contribution in [2.24, 2.45) is 0 Å². The van der Waals surface area contributed by atoms with Crippen molar-refractivity contribution in [3.8, 4) is 6.07 Å². The minimum absolute atomic E-state index is 0.160. The van der Waals surface area contributed by atoms with E-state index in [0.29, 0.717) is 11.1 Å². The van der Waals surface area contributed by atoms with Gasteiger partial charge in [0.05, 0.1) is 17.4 Å². The van der Waals surface area contributed by atoms with Gasteiger partial charge in [-0.3, -0.25) is 4.79 Å². The molecular weight excluding hydrogens is 268 g/mol. The number of sulfonamides is 1. The Kier molecular flexibility index (Phi) is 5.03. The van der Waals surface area contributed by atoms with Gasteiger partial charge in [-0.15, -0.1) is 0 Å². The molecule has 1 aromatic rings. The third kappa shape index (κ3) is 4.69. The number of carbonyl (C=O) groups is 1. The van der Waals surface area contributed by atoms with E-state index in [0.717, 1.165) is 0 Å². The average molecular weight is 282 g/mol. The molecule has 0 saturated heterocycles. The first-order chi connectivity index (χ1) is 8.88. The van der Waals surface area contributed by atoms with Crippen LogP contribution in [-0.2, 0) is 20.6 Å². The largest absolute Gasteiger partial charge is 0.480 e. The van der Waals surface area contributed by atoms with Crippen LogP contribution in [0.2, 0.25) is 0 Å². The summed E-state index contributed by atoms with van der Waals surface area (Å²) in [7, 11) is -3.76. The standard InChI is InChI=1S/C12H14N2O4S/c1-2-11(12(15)16)14-19(17,18)8-10-5-3-4-9(6-10)7-13/h3-6,11,14H,2,8H2,1H3,(H,15,16). The lowest BCUT2D eigenvalue weighted by atomic mass is 10.2. The summed E-state index contributed by atoms with van der Waals surface area (Å²) in [5.74, 6) is -1.57. The molecule has 0 bridgehead atoms. The lowest BCUT2D eigenvalue weighted by Gasteiger charge is -2.12. The van der Waals surface area contributed by atoms with Crippen LogP contribution >= 0.6 is 0 Å². The van der Waals surface area contributed by atoms with Crippen molar-refractivity contribution in [2.45, 2.75) is 25.1 Å². The minimum Gasteiger partial charge on any atom is -0.480 e. The van der Waals surface area contributed by atoms with Gasteiger partial charge in [-0.1, -0.05) is 19.1 Å². The highest BCUT2D eigenvalue weighted by Gasteiger charge is 2.22. The van der Waals surface area contributed by atoms with E-state index in [-0.39, 0.29) is 12.2 Å². The zero-order chi connectivity index (χ0) is 14.5. The number of carboxylic acid groups (broad SMARTS) is 1. The van der Waals surface area contributed by atoms with E-state index in [1.807, 2.05) is 6.07 Å². The number of hydrogen-bond donors (Lipinski definition) is 2. The predicted octanol–water partition coefficient (Wildman–Crippen LogP) is 0.841. The molecule has 1 atom stereocenters. The van der Waals surface area contributed by atoms with E-state index in [1.54, 1.807) is 25.1 Å². The van der Waals surface area contributed by atoms with Crippen LogP contribution in [0.4, 0.5) is 0 Å². The Morgan fingerprint density at radius 1 is 1.53 bits per heavy atom. The molecule has 1 unspecified atom stereocenters. The van der Waals surface area contributed by atoms with Crippen molar-refractivity contribution in [1.82, 2.24) is 4.72 Å². The lowest BCUT2D eigenvalue weighted by molar-refractivity contribution is -0.139. The number of nitrogens with zero attached hydrogens (tertiary/aromatic N) is 1. The molecule has 2 N–H and O–H groups in total. The molecule has 0 aliphatic rings. The predicted molar refractivity (Wildman–Crippen MR) is 68.6 cm³/mol. The molecule has 1 rings (SSSR count). The number of nitrogens with one attached hydrogen (secondary N) is 1. The zero-order valence-corrected chi connectivity index (χ0v) is 11.1. The molecule has 7 heteroatoms. The molecule has 1 aromatic carbocycles. The molecule has 0 heterocycles. The van der Waals surface area contributed by atoms with Crippen LogP contribution in [0.15, 0.2) is 24.3 Å². The van der Waals surface area contributed by atoms with Crippen LogP contribution in [0.5, 0.6) is 0 Å². The van der Waals surface area contributed by atoms with Gasteiger partial charge >= 0.3 is 5.97 Å². The number of carboxylic acids is 1. The van der Waals surface area contributed by atoms with Gasteiger partial charge in [0.25, 0.3) is 0 Å². The maximum atomic E-state index is 11.8. The van der Waals surface area contributed by atoms with E-state index in [2.05, 4.69) is 4.72 Å². The topological polar surface area (TPSA) is 107 Å². The maximum Gasteiger partial charge on any atom is 0.321 e. The van der Waals surface area contributed by atoms with Gasteiger partial charge in [0.15, 0.2) is 0 Å². The third-order valence-corrected chi connectivity index (χ3v) is 3.80. The first kappa shape index (κ1) is 15.1. The van der Waals surface area contributed by atoms with Crippen molar-refractivity contribution >= 4 is 16.0 Å². The number of aliphatic carboxylic acids is 1. The van der Waals surface area contributed by atoms with E-state index in [1.165, 1.54) is 6.07 Å². The first-order valence-corrected chi connectivity index (χ1v) is 7.25. The Morgan fingerprint density at radius 3 is 2.74 bits per heavy atom. The van der Waals surface area contributed by atoms with Crippen molar-refractivity contribution in [2.75, 3.05) is 0 Å². The summed E-state index contributed by atoms with van der Waals surface area (Å²) in [6.07, 6.45) is 0.160. The summed E-state index contributed by atoms with van der Waals surface area (Å²) in [6.45, 7) is 1.58. The average Bonchev–Trinajstić information content (AvgIpc) is 2.35. The van der Waals surface area contributed by atoms with Crippen molar-refractivity contribution in [3.05, 3.63) is 35.4 Å². The second-order valence-electron chi connectivity index (χ2n) is 3.99. The molecule has 0 aliphatic carbocycles. The molecule has 0 saturated carbocycles. The van der Waals surface area contributed by atoms with Crippen molar-refractivity contribution in [3.63, 3.8) is 0 Å². The fourth-order valence-corrected chi connectivity index (χ4v) is 2.92. The van der Waals surface area contributed by atoms with Crippen LogP contribution in [-0.4, -0.2) is 25.5 Å². The van der Waals surface area contributed by atoms with Gasteiger partial charge in [0, 0.05) is 0 Å². The number of benzene rings is 1. The molecule has 0 radical (unpaired) electrons.